The fraction of sp³-hybridized carbons (Fsp3) is 0.368. The van der Waals surface area contributed by atoms with Crippen molar-refractivity contribution in [1.29, 1.82) is 0 Å². The fourth-order valence-corrected chi connectivity index (χ4v) is 2.83. The molecular weight excluding hydrogens is 380 g/mol. The number of ether oxygens (including phenoxy) is 3. The van der Waals surface area contributed by atoms with Crippen LogP contribution in [0.4, 0.5) is 4.39 Å². The third-order valence-corrected chi connectivity index (χ3v) is 4.20. The standard InChI is InChI=1S/C19H22Cl2FNO3/c1-3-25-18-9-13(11-23-6-7-24-2)8-17(21)19(18)26-12-14-4-5-15(22)10-16(14)20/h4-5,8-10,23H,3,6-7,11-12H2,1-2H3. The molecule has 142 valence electrons. The van der Waals surface area contributed by atoms with E-state index in [1.807, 2.05) is 19.1 Å². The molecule has 0 heterocycles. The van der Waals surface area contributed by atoms with Crippen LogP contribution in [-0.4, -0.2) is 26.9 Å². The SMILES string of the molecule is CCOc1cc(CNCCOC)cc(Cl)c1OCc1ccc(F)cc1Cl. The molecule has 0 amide bonds. The highest BCUT2D eigenvalue weighted by Gasteiger charge is 2.14. The van der Waals surface area contributed by atoms with Gasteiger partial charge in [-0.05, 0) is 36.8 Å². The lowest BCUT2D eigenvalue weighted by Crippen LogP contribution is -2.18. The van der Waals surface area contributed by atoms with Gasteiger partial charge in [-0.25, -0.2) is 4.39 Å². The van der Waals surface area contributed by atoms with Gasteiger partial charge in [0, 0.05) is 25.8 Å². The molecule has 0 saturated carbocycles. The van der Waals surface area contributed by atoms with Gasteiger partial charge in [-0.2, -0.15) is 0 Å². The zero-order valence-corrected chi connectivity index (χ0v) is 16.3. The largest absolute Gasteiger partial charge is 0.490 e. The Hall–Kier alpha value is -1.53. The molecule has 0 fully saturated rings. The molecule has 2 aromatic carbocycles. The van der Waals surface area contributed by atoms with Gasteiger partial charge in [0.1, 0.15) is 12.4 Å². The van der Waals surface area contributed by atoms with Gasteiger partial charge < -0.3 is 19.5 Å². The first-order valence-electron chi connectivity index (χ1n) is 8.26. The Morgan fingerprint density at radius 3 is 2.58 bits per heavy atom. The Kier molecular flexibility index (Phi) is 8.45. The molecule has 0 aliphatic rings. The van der Waals surface area contributed by atoms with Crippen LogP contribution >= 0.6 is 23.2 Å². The molecule has 0 unspecified atom stereocenters. The minimum absolute atomic E-state index is 0.157. The summed E-state index contributed by atoms with van der Waals surface area (Å²) in [4.78, 5) is 0. The van der Waals surface area contributed by atoms with Crippen LogP contribution in [0.1, 0.15) is 18.1 Å². The topological polar surface area (TPSA) is 39.7 Å². The lowest BCUT2D eigenvalue weighted by atomic mass is 10.2. The normalized spacial score (nSPS) is 10.8. The summed E-state index contributed by atoms with van der Waals surface area (Å²) in [6.45, 7) is 4.52. The summed E-state index contributed by atoms with van der Waals surface area (Å²) < 4.78 is 29.7. The maximum Gasteiger partial charge on any atom is 0.180 e. The second-order valence-corrected chi connectivity index (χ2v) is 6.35. The van der Waals surface area contributed by atoms with Crippen molar-refractivity contribution < 1.29 is 18.6 Å². The first-order valence-corrected chi connectivity index (χ1v) is 9.02. The molecule has 2 rings (SSSR count). The summed E-state index contributed by atoms with van der Waals surface area (Å²) in [5, 5.41) is 4.00. The summed E-state index contributed by atoms with van der Waals surface area (Å²) in [5.41, 5.74) is 1.64. The molecule has 0 radical (unpaired) electrons. The molecule has 0 saturated heterocycles. The molecule has 0 aliphatic heterocycles. The molecule has 0 aliphatic carbocycles. The van der Waals surface area contributed by atoms with Gasteiger partial charge in [0.15, 0.2) is 11.5 Å². The van der Waals surface area contributed by atoms with E-state index in [4.69, 9.17) is 37.4 Å². The van der Waals surface area contributed by atoms with Crippen molar-refractivity contribution >= 4 is 23.2 Å². The van der Waals surface area contributed by atoms with Crippen molar-refractivity contribution in [2.45, 2.75) is 20.1 Å². The quantitative estimate of drug-likeness (QED) is 0.577. The minimum atomic E-state index is -0.392. The smallest absolute Gasteiger partial charge is 0.180 e. The van der Waals surface area contributed by atoms with Crippen LogP contribution in [0.2, 0.25) is 10.0 Å². The van der Waals surface area contributed by atoms with Crippen LogP contribution in [0, 0.1) is 5.82 Å². The second kappa shape index (κ2) is 10.6. The highest BCUT2D eigenvalue weighted by atomic mass is 35.5. The van der Waals surface area contributed by atoms with E-state index in [1.54, 1.807) is 13.2 Å². The summed E-state index contributed by atoms with van der Waals surface area (Å²) in [7, 11) is 1.66. The Bertz CT molecular complexity index is 728. The van der Waals surface area contributed by atoms with Crippen LogP contribution in [0.5, 0.6) is 11.5 Å². The Balaban J connectivity index is 2.13. The highest BCUT2D eigenvalue weighted by Crippen LogP contribution is 2.37. The molecule has 0 spiro atoms. The first-order chi connectivity index (χ1) is 12.5. The molecule has 7 heteroatoms. The Morgan fingerprint density at radius 1 is 1.08 bits per heavy atom. The van der Waals surface area contributed by atoms with Crippen molar-refractivity contribution in [2.75, 3.05) is 26.9 Å². The predicted molar refractivity (Wildman–Crippen MR) is 102 cm³/mol. The lowest BCUT2D eigenvalue weighted by molar-refractivity contribution is 0.199. The molecule has 0 bridgehead atoms. The van der Waals surface area contributed by atoms with Gasteiger partial charge in [-0.3, -0.25) is 0 Å². The Labute approximate surface area is 163 Å². The van der Waals surface area contributed by atoms with Gasteiger partial charge in [0.05, 0.1) is 23.3 Å². The fourth-order valence-electron chi connectivity index (χ4n) is 2.32. The van der Waals surface area contributed by atoms with Crippen LogP contribution in [0.25, 0.3) is 0 Å². The van der Waals surface area contributed by atoms with Gasteiger partial charge >= 0.3 is 0 Å². The number of nitrogens with one attached hydrogen (secondary N) is 1. The van der Waals surface area contributed by atoms with Crippen LogP contribution < -0.4 is 14.8 Å². The molecule has 1 N–H and O–H groups in total. The predicted octanol–water partition coefficient (Wildman–Crippen LogP) is 4.85. The summed E-state index contributed by atoms with van der Waals surface area (Å²) in [6, 6.07) is 7.88. The monoisotopic (exact) mass is 401 g/mol. The number of benzene rings is 2. The van der Waals surface area contributed by atoms with E-state index >= 15 is 0 Å². The molecule has 26 heavy (non-hydrogen) atoms. The molecule has 0 atom stereocenters. The van der Waals surface area contributed by atoms with Gasteiger partial charge in [0.2, 0.25) is 0 Å². The second-order valence-electron chi connectivity index (χ2n) is 5.53. The van der Waals surface area contributed by atoms with E-state index in [1.165, 1.54) is 12.1 Å². The van der Waals surface area contributed by atoms with E-state index in [0.717, 1.165) is 12.1 Å². The number of hydrogen-bond donors (Lipinski definition) is 1. The summed E-state index contributed by atoms with van der Waals surface area (Å²) in [5.74, 6) is 0.605. The van der Waals surface area contributed by atoms with Crippen molar-refractivity contribution in [1.82, 2.24) is 5.32 Å². The van der Waals surface area contributed by atoms with Gasteiger partial charge in [0.25, 0.3) is 0 Å². The van der Waals surface area contributed by atoms with Gasteiger partial charge in [-0.15, -0.1) is 0 Å². The molecular formula is C19H22Cl2FNO3. The van der Waals surface area contributed by atoms with E-state index in [0.29, 0.717) is 46.9 Å². The average Bonchev–Trinajstić information content (AvgIpc) is 2.60. The highest BCUT2D eigenvalue weighted by molar-refractivity contribution is 6.32. The zero-order valence-electron chi connectivity index (χ0n) is 14.8. The number of rotatable bonds is 10. The van der Waals surface area contributed by atoms with E-state index < -0.39 is 5.82 Å². The molecule has 2 aromatic rings. The van der Waals surface area contributed by atoms with Crippen LogP contribution in [-0.2, 0) is 17.9 Å². The number of methoxy groups -OCH3 is 1. The van der Waals surface area contributed by atoms with Crippen LogP contribution in [0.15, 0.2) is 30.3 Å². The van der Waals surface area contributed by atoms with Crippen molar-refractivity contribution in [2.24, 2.45) is 0 Å². The average molecular weight is 402 g/mol. The van der Waals surface area contributed by atoms with E-state index in [2.05, 4.69) is 5.32 Å². The first kappa shape index (κ1) is 20.8. The van der Waals surface area contributed by atoms with E-state index in [9.17, 15) is 4.39 Å². The third kappa shape index (κ3) is 6.02. The molecule has 0 aromatic heterocycles. The maximum absolute atomic E-state index is 13.2. The van der Waals surface area contributed by atoms with Crippen molar-refractivity contribution in [3.8, 4) is 11.5 Å². The lowest BCUT2D eigenvalue weighted by Gasteiger charge is -2.16. The summed E-state index contributed by atoms with van der Waals surface area (Å²) in [6.07, 6.45) is 0. The minimum Gasteiger partial charge on any atom is -0.490 e. The number of hydrogen-bond acceptors (Lipinski definition) is 4. The van der Waals surface area contributed by atoms with Crippen molar-refractivity contribution in [3.63, 3.8) is 0 Å². The van der Waals surface area contributed by atoms with Crippen molar-refractivity contribution in [3.05, 3.63) is 57.3 Å². The Morgan fingerprint density at radius 2 is 1.88 bits per heavy atom. The number of halogens is 3. The third-order valence-electron chi connectivity index (χ3n) is 3.57. The zero-order chi connectivity index (χ0) is 18.9. The van der Waals surface area contributed by atoms with Gasteiger partial charge in [-0.1, -0.05) is 29.3 Å². The van der Waals surface area contributed by atoms with E-state index in [-0.39, 0.29) is 6.61 Å². The summed E-state index contributed by atoms with van der Waals surface area (Å²) >= 11 is 12.4. The van der Waals surface area contributed by atoms with Crippen LogP contribution in [0.3, 0.4) is 0 Å². The molecule has 4 nitrogen and oxygen atoms in total. The maximum atomic E-state index is 13.2.